The highest BCUT2D eigenvalue weighted by Gasteiger charge is 2.31. The number of hydrogen-bond acceptors (Lipinski definition) is 4. The van der Waals surface area contributed by atoms with Crippen molar-refractivity contribution in [2.75, 3.05) is 14.2 Å². The number of hydroxylamine groups is 2. The first kappa shape index (κ1) is 21.6. The van der Waals surface area contributed by atoms with Gasteiger partial charge in [-0.2, -0.15) is 13.2 Å². The van der Waals surface area contributed by atoms with Crippen LogP contribution in [-0.4, -0.2) is 35.6 Å². The van der Waals surface area contributed by atoms with Crippen molar-refractivity contribution in [2.45, 2.75) is 6.18 Å². The third kappa shape index (κ3) is 7.17. The van der Waals surface area contributed by atoms with Gasteiger partial charge in [-0.25, -0.2) is 5.06 Å². The standard InChI is InChI=1S/C10H9ClF3NO2.C2Cl2O2/c1-15(17-2)9(16)7-4-3-6(5-8(7)11)10(12,13)14;3-1(5)2(4)6/h3-5H,1-2H3;. The van der Waals surface area contributed by atoms with Crippen molar-refractivity contribution < 1.29 is 32.4 Å². The van der Waals surface area contributed by atoms with Gasteiger partial charge in [0.15, 0.2) is 0 Å². The lowest BCUT2D eigenvalue weighted by Gasteiger charge is -2.15. The molecule has 0 saturated carbocycles. The van der Waals surface area contributed by atoms with Crippen LogP contribution in [0.2, 0.25) is 5.02 Å². The molecule has 0 aliphatic heterocycles. The summed E-state index contributed by atoms with van der Waals surface area (Å²) in [6.07, 6.45) is -4.49. The highest BCUT2D eigenvalue weighted by molar-refractivity contribution is 6.97. The van der Waals surface area contributed by atoms with Crippen LogP contribution < -0.4 is 0 Å². The normalized spacial score (nSPS) is 10.4. The first-order valence-electron chi connectivity index (χ1n) is 5.50. The van der Waals surface area contributed by atoms with Crippen molar-refractivity contribution in [3.05, 3.63) is 34.3 Å². The molecule has 1 rings (SSSR count). The Hall–Kier alpha value is -1.35. The first-order valence-corrected chi connectivity index (χ1v) is 6.63. The number of carbonyl (C=O) groups is 3. The number of carbonyl (C=O) groups excluding carboxylic acids is 3. The van der Waals surface area contributed by atoms with Crippen LogP contribution in [0.5, 0.6) is 0 Å². The maximum atomic E-state index is 12.3. The fourth-order valence-corrected chi connectivity index (χ4v) is 1.38. The van der Waals surface area contributed by atoms with E-state index in [-0.39, 0.29) is 10.6 Å². The van der Waals surface area contributed by atoms with Crippen LogP contribution in [0.4, 0.5) is 13.2 Å². The van der Waals surface area contributed by atoms with E-state index in [1.54, 1.807) is 0 Å². The molecule has 1 amide bonds. The Morgan fingerprint density at radius 2 is 1.61 bits per heavy atom. The van der Waals surface area contributed by atoms with Gasteiger partial charge in [-0.3, -0.25) is 19.2 Å². The Labute approximate surface area is 143 Å². The quantitative estimate of drug-likeness (QED) is 0.447. The highest BCUT2D eigenvalue weighted by atomic mass is 35.5. The van der Waals surface area contributed by atoms with Crippen molar-refractivity contribution in [1.29, 1.82) is 0 Å². The van der Waals surface area contributed by atoms with Crippen LogP contribution in [0.15, 0.2) is 18.2 Å². The molecule has 0 saturated heterocycles. The van der Waals surface area contributed by atoms with Crippen molar-refractivity contribution in [1.82, 2.24) is 5.06 Å². The molecule has 128 valence electrons. The zero-order valence-electron chi connectivity index (χ0n) is 11.6. The second-order valence-corrected chi connectivity index (χ2v) is 4.82. The van der Waals surface area contributed by atoms with E-state index in [4.69, 9.17) is 11.6 Å². The zero-order valence-corrected chi connectivity index (χ0v) is 13.8. The van der Waals surface area contributed by atoms with Crippen LogP contribution in [0, 0.1) is 0 Å². The fraction of sp³-hybridized carbons (Fsp3) is 0.250. The number of nitrogens with zero attached hydrogens (tertiary/aromatic N) is 1. The van der Waals surface area contributed by atoms with Crippen LogP contribution in [-0.2, 0) is 20.6 Å². The summed E-state index contributed by atoms with van der Waals surface area (Å²) in [4.78, 5) is 35.1. The van der Waals surface area contributed by atoms with Gasteiger partial charge in [0.2, 0.25) is 0 Å². The minimum Gasteiger partial charge on any atom is -0.274 e. The van der Waals surface area contributed by atoms with E-state index in [2.05, 4.69) is 28.0 Å². The number of rotatable bonds is 3. The predicted octanol–water partition coefficient (Wildman–Crippen LogP) is 3.51. The lowest BCUT2D eigenvalue weighted by atomic mass is 10.1. The summed E-state index contributed by atoms with van der Waals surface area (Å²) in [5.74, 6) is -0.619. The van der Waals surface area contributed by atoms with Crippen molar-refractivity contribution in [3.8, 4) is 0 Å². The van der Waals surface area contributed by atoms with E-state index >= 15 is 0 Å². The monoisotopic (exact) mass is 393 g/mol. The summed E-state index contributed by atoms with van der Waals surface area (Å²) < 4.78 is 37.0. The van der Waals surface area contributed by atoms with Gasteiger partial charge in [0.05, 0.1) is 23.3 Å². The minimum absolute atomic E-state index is 0.0518. The van der Waals surface area contributed by atoms with E-state index in [0.29, 0.717) is 6.07 Å². The largest absolute Gasteiger partial charge is 0.416 e. The van der Waals surface area contributed by atoms with Crippen molar-refractivity contribution in [3.63, 3.8) is 0 Å². The molecule has 11 heteroatoms. The zero-order chi connectivity index (χ0) is 18.4. The molecule has 5 nitrogen and oxygen atoms in total. The van der Waals surface area contributed by atoms with Crippen LogP contribution in [0.1, 0.15) is 15.9 Å². The van der Waals surface area contributed by atoms with E-state index in [0.717, 1.165) is 17.2 Å². The Morgan fingerprint density at radius 1 is 1.13 bits per heavy atom. The van der Waals surface area contributed by atoms with E-state index in [1.807, 2.05) is 0 Å². The van der Waals surface area contributed by atoms with Crippen LogP contribution in [0.3, 0.4) is 0 Å². The van der Waals surface area contributed by atoms with Crippen molar-refractivity contribution in [2.24, 2.45) is 0 Å². The molecule has 0 heterocycles. The predicted molar refractivity (Wildman–Crippen MR) is 77.3 cm³/mol. The fourth-order valence-electron chi connectivity index (χ4n) is 1.12. The molecular formula is C12H9Cl3F3NO4. The van der Waals surface area contributed by atoms with Gasteiger partial charge >= 0.3 is 16.7 Å². The molecule has 0 atom stereocenters. The summed E-state index contributed by atoms with van der Waals surface area (Å²) in [5.41, 5.74) is -0.955. The van der Waals surface area contributed by atoms with Gasteiger partial charge in [0, 0.05) is 7.05 Å². The number of halogens is 6. The van der Waals surface area contributed by atoms with E-state index in [9.17, 15) is 27.6 Å². The average molecular weight is 395 g/mol. The van der Waals surface area contributed by atoms with Gasteiger partial charge in [0.1, 0.15) is 0 Å². The number of alkyl halides is 3. The highest BCUT2D eigenvalue weighted by Crippen LogP contribution is 2.32. The Balaban J connectivity index is 0.000000688. The Kier molecular flexibility index (Phi) is 8.54. The second-order valence-electron chi connectivity index (χ2n) is 3.72. The first-order chi connectivity index (χ1) is 10.4. The molecular weight excluding hydrogens is 385 g/mol. The lowest BCUT2D eigenvalue weighted by Crippen LogP contribution is -2.25. The van der Waals surface area contributed by atoms with Gasteiger partial charge < -0.3 is 0 Å². The number of hydrogen-bond donors (Lipinski definition) is 0. The van der Waals surface area contributed by atoms with Gasteiger partial charge in [-0.05, 0) is 41.4 Å². The van der Waals surface area contributed by atoms with Crippen LogP contribution in [0.25, 0.3) is 0 Å². The summed E-state index contributed by atoms with van der Waals surface area (Å²) in [6.45, 7) is 0. The van der Waals surface area contributed by atoms with E-state index < -0.39 is 28.1 Å². The lowest BCUT2D eigenvalue weighted by molar-refractivity contribution is -0.137. The van der Waals surface area contributed by atoms with Gasteiger partial charge in [-0.1, -0.05) is 11.6 Å². The molecule has 0 bridgehead atoms. The molecule has 1 aromatic carbocycles. The number of benzene rings is 1. The summed E-state index contributed by atoms with van der Waals surface area (Å²) >= 11 is 14.6. The minimum atomic E-state index is -4.49. The maximum Gasteiger partial charge on any atom is 0.416 e. The molecule has 0 N–H and O–H groups in total. The van der Waals surface area contributed by atoms with Gasteiger partial charge in [-0.15, -0.1) is 0 Å². The maximum absolute atomic E-state index is 12.3. The number of amides is 1. The SMILES string of the molecule is CON(C)C(=O)c1ccc(C(F)(F)F)cc1Cl.O=C(Cl)C(=O)Cl. The molecule has 1 aromatic rings. The molecule has 0 aliphatic carbocycles. The Morgan fingerprint density at radius 3 is 1.91 bits per heavy atom. The third-order valence-corrected chi connectivity index (χ3v) is 2.99. The summed E-state index contributed by atoms with van der Waals surface area (Å²) in [7, 11) is 2.59. The molecule has 0 spiro atoms. The molecule has 0 fully saturated rings. The van der Waals surface area contributed by atoms with Gasteiger partial charge in [0.25, 0.3) is 5.91 Å². The average Bonchev–Trinajstić information content (AvgIpc) is 2.45. The Bertz CT molecular complexity index is 596. The van der Waals surface area contributed by atoms with Crippen LogP contribution >= 0.6 is 34.8 Å². The second kappa shape index (κ2) is 9.07. The summed E-state index contributed by atoms with van der Waals surface area (Å²) in [5, 5.41) is -1.68. The summed E-state index contributed by atoms with van der Waals surface area (Å²) in [6, 6.07) is 2.52. The van der Waals surface area contributed by atoms with E-state index in [1.165, 1.54) is 14.2 Å². The topological polar surface area (TPSA) is 63.7 Å². The smallest absolute Gasteiger partial charge is 0.274 e. The van der Waals surface area contributed by atoms with Crippen molar-refractivity contribution >= 4 is 51.2 Å². The molecule has 0 aromatic heterocycles. The third-order valence-electron chi connectivity index (χ3n) is 2.24. The molecule has 0 aliphatic rings. The molecule has 23 heavy (non-hydrogen) atoms. The molecule has 0 radical (unpaired) electrons. The molecule has 0 unspecified atom stereocenters.